The largest absolute Gasteiger partial charge is 0.493 e. The average Bonchev–Trinajstić information content (AvgIpc) is 2.76. The standard InChI is InChI=1S/C24H24ClN3O3/c1-2-3-14-31-22-13-12-17-8-4-5-9-18(17)19(22)16-26-28-24(30)15-23(29)27-21-11-7-6-10-20(21)25/h4-13,16H,2-3,14-15H2,1H3,(H,27,29)(H,28,30). The Morgan fingerprint density at radius 2 is 1.81 bits per heavy atom. The van der Waals surface area contributed by atoms with E-state index in [2.05, 4.69) is 22.8 Å². The highest BCUT2D eigenvalue weighted by atomic mass is 35.5. The quantitative estimate of drug-likeness (QED) is 0.210. The molecule has 2 N–H and O–H groups in total. The van der Waals surface area contributed by atoms with E-state index in [1.54, 1.807) is 30.5 Å². The molecule has 3 rings (SSSR count). The predicted molar refractivity (Wildman–Crippen MR) is 125 cm³/mol. The first-order valence-corrected chi connectivity index (χ1v) is 10.5. The van der Waals surface area contributed by atoms with Crippen LogP contribution in [0.25, 0.3) is 10.8 Å². The number of unbranched alkanes of at least 4 members (excludes halogenated alkanes) is 1. The second-order valence-corrected chi connectivity index (χ2v) is 7.31. The summed E-state index contributed by atoms with van der Waals surface area (Å²) in [6, 6.07) is 18.6. The van der Waals surface area contributed by atoms with Crippen LogP contribution in [-0.4, -0.2) is 24.6 Å². The van der Waals surface area contributed by atoms with E-state index in [1.165, 1.54) is 0 Å². The topological polar surface area (TPSA) is 79.8 Å². The highest BCUT2D eigenvalue weighted by Crippen LogP contribution is 2.27. The Balaban J connectivity index is 1.66. The Labute approximate surface area is 186 Å². The van der Waals surface area contributed by atoms with Crippen molar-refractivity contribution in [3.63, 3.8) is 0 Å². The minimum atomic E-state index is -0.533. The van der Waals surface area contributed by atoms with Gasteiger partial charge in [0.05, 0.1) is 23.5 Å². The van der Waals surface area contributed by atoms with Crippen molar-refractivity contribution in [2.45, 2.75) is 26.2 Å². The number of benzene rings is 3. The van der Waals surface area contributed by atoms with Crippen LogP contribution in [-0.2, 0) is 9.59 Å². The summed E-state index contributed by atoms with van der Waals surface area (Å²) in [5.41, 5.74) is 3.63. The molecule has 0 heterocycles. The number of hydrogen-bond acceptors (Lipinski definition) is 4. The summed E-state index contributed by atoms with van der Waals surface area (Å²) in [6.07, 6.45) is 3.15. The first kappa shape index (κ1) is 22.3. The molecule has 0 aromatic heterocycles. The lowest BCUT2D eigenvalue weighted by molar-refractivity contribution is -0.126. The Hall–Kier alpha value is -3.38. The average molecular weight is 438 g/mol. The van der Waals surface area contributed by atoms with Crippen molar-refractivity contribution in [1.82, 2.24) is 5.43 Å². The van der Waals surface area contributed by atoms with Gasteiger partial charge in [0, 0.05) is 5.56 Å². The number of fused-ring (bicyclic) bond motifs is 1. The van der Waals surface area contributed by atoms with Crippen LogP contribution in [0.4, 0.5) is 5.69 Å². The van der Waals surface area contributed by atoms with Gasteiger partial charge in [-0.05, 0) is 35.4 Å². The number of carbonyl (C=O) groups is 2. The van der Waals surface area contributed by atoms with Crippen molar-refractivity contribution in [2.24, 2.45) is 5.10 Å². The number of ether oxygens (including phenoxy) is 1. The van der Waals surface area contributed by atoms with Gasteiger partial charge in [-0.15, -0.1) is 0 Å². The van der Waals surface area contributed by atoms with Gasteiger partial charge in [0.15, 0.2) is 0 Å². The molecule has 2 amide bonds. The van der Waals surface area contributed by atoms with E-state index in [0.717, 1.165) is 29.2 Å². The van der Waals surface area contributed by atoms with Crippen molar-refractivity contribution >= 4 is 46.1 Å². The minimum absolute atomic E-state index is 0.377. The van der Waals surface area contributed by atoms with Gasteiger partial charge >= 0.3 is 0 Å². The summed E-state index contributed by atoms with van der Waals surface area (Å²) in [6.45, 7) is 2.70. The van der Waals surface area contributed by atoms with Crippen molar-refractivity contribution in [1.29, 1.82) is 0 Å². The maximum atomic E-state index is 12.1. The van der Waals surface area contributed by atoms with E-state index in [1.807, 2.05) is 36.4 Å². The Morgan fingerprint density at radius 3 is 2.61 bits per heavy atom. The van der Waals surface area contributed by atoms with Crippen molar-refractivity contribution in [3.8, 4) is 5.75 Å². The van der Waals surface area contributed by atoms with Crippen LogP contribution in [0.3, 0.4) is 0 Å². The number of rotatable bonds is 9. The van der Waals surface area contributed by atoms with Gasteiger partial charge in [0.25, 0.3) is 0 Å². The third-order valence-corrected chi connectivity index (χ3v) is 4.87. The lowest BCUT2D eigenvalue weighted by Crippen LogP contribution is -2.24. The van der Waals surface area contributed by atoms with E-state index in [0.29, 0.717) is 23.1 Å². The molecule has 31 heavy (non-hydrogen) atoms. The first-order valence-electron chi connectivity index (χ1n) is 10.1. The normalized spacial score (nSPS) is 10.9. The van der Waals surface area contributed by atoms with Gasteiger partial charge in [-0.1, -0.05) is 67.4 Å². The number of hydrazone groups is 1. The number of amides is 2. The smallest absolute Gasteiger partial charge is 0.249 e. The van der Waals surface area contributed by atoms with Crippen LogP contribution in [0.5, 0.6) is 5.75 Å². The fourth-order valence-corrected chi connectivity index (χ4v) is 3.16. The molecule has 3 aromatic rings. The molecular weight excluding hydrogens is 414 g/mol. The molecule has 0 atom stereocenters. The monoisotopic (exact) mass is 437 g/mol. The van der Waals surface area contributed by atoms with Gasteiger partial charge in [0.2, 0.25) is 11.8 Å². The van der Waals surface area contributed by atoms with E-state index in [4.69, 9.17) is 16.3 Å². The number of halogens is 1. The van der Waals surface area contributed by atoms with Crippen LogP contribution in [0.2, 0.25) is 5.02 Å². The highest BCUT2D eigenvalue weighted by molar-refractivity contribution is 6.33. The third kappa shape index (κ3) is 6.30. The molecule has 0 saturated carbocycles. The number of anilines is 1. The Morgan fingerprint density at radius 1 is 1.03 bits per heavy atom. The number of hydrogen-bond donors (Lipinski definition) is 2. The Kier molecular flexibility index (Phi) is 8.01. The first-order chi connectivity index (χ1) is 15.1. The number of para-hydroxylation sites is 1. The number of carbonyl (C=O) groups excluding carboxylic acids is 2. The molecule has 3 aromatic carbocycles. The molecule has 0 aliphatic carbocycles. The second-order valence-electron chi connectivity index (χ2n) is 6.90. The van der Waals surface area contributed by atoms with Gasteiger partial charge < -0.3 is 10.1 Å². The van der Waals surface area contributed by atoms with Crippen LogP contribution in [0, 0.1) is 0 Å². The van der Waals surface area contributed by atoms with Crippen LogP contribution in [0.1, 0.15) is 31.7 Å². The zero-order valence-electron chi connectivity index (χ0n) is 17.2. The molecule has 6 nitrogen and oxygen atoms in total. The molecule has 0 saturated heterocycles. The van der Waals surface area contributed by atoms with Crippen LogP contribution in [0.15, 0.2) is 65.8 Å². The van der Waals surface area contributed by atoms with E-state index >= 15 is 0 Å². The fourth-order valence-electron chi connectivity index (χ4n) is 2.97. The van der Waals surface area contributed by atoms with Gasteiger partial charge in [-0.25, -0.2) is 5.43 Å². The molecule has 0 spiro atoms. The summed E-state index contributed by atoms with van der Waals surface area (Å²) in [4.78, 5) is 24.2. The second kappa shape index (κ2) is 11.1. The van der Waals surface area contributed by atoms with Crippen molar-refractivity contribution in [2.75, 3.05) is 11.9 Å². The molecule has 0 unspecified atom stereocenters. The molecule has 7 heteroatoms. The molecule has 0 radical (unpaired) electrons. The third-order valence-electron chi connectivity index (χ3n) is 4.54. The zero-order valence-corrected chi connectivity index (χ0v) is 18.0. The van der Waals surface area contributed by atoms with E-state index < -0.39 is 11.8 Å². The molecule has 0 aliphatic rings. The summed E-state index contributed by atoms with van der Waals surface area (Å²) in [7, 11) is 0. The van der Waals surface area contributed by atoms with Crippen LogP contribution >= 0.6 is 11.6 Å². The lowest BCUT2D eigenvalue weighted by Gasteiger charge is -2.11. The van der Waals surface area contributed by atoms with E-state index in [-0.39, 0.29) is 6.42 Å². The SMILES string of the molecule is CCCCOc1ccc2ccccc2c1C=NNC(=O)CC(=O)Nc1ccccc1Cl. The summed E-state index contributed by atoms with van der Waals surface area (Å²) >= 11 is 6.01. The molecule has 0 bridgehead atoms. The number of nitrogens with one attached hydrogen (secondary N) is 2. The maximum Gasteiger partial charge on any atom is 0.249 e. The maximum absolute atomic E-state index is 12.1. The summed E-state index contributed by atoms with van der Waals surface area (Å²) in [5, 5.41) is 9.06. The molecule has 160 valence electrons. The fraction of sp³-hybridized carbons (Fsp3) is 0.208. The van der Waals surface area contributed by atoms with Gasteiger partial charge in [0.1, 0.15) is 12.2 Å². The molecular formula is C24H24ClN3O3. The predicted octanol–water partition coefficient (Wildman–Crippen LogP) is 5.15. The summed E-state index contributed by atoms with van der Waals surface area (Å²) < 4.78 is 5.90. The van der Waals surface area contributed by atoms with Crippen molar-refractivity contribution < 1.29 is 14.3 Å². The van der Waals surface area contributed by atoms with Gasteiger partial charge in [-0.2, -0.15) is 5.10 Å². The zero-order chi connectivity index (χ0) is 22.1. The van der Waals surface area contributed by atoms with Gasteiger partial charge in [-0.3, -0.25) is 9.59 Å². The highest BCUT2D eigenvalue weighted by Gasteiger charge is 2.11. The Bertz CT molecular complexity index is 1100. The molecule has 0 aliphatic heterocycles. The van der Waals surface area contributed by atoms with Crippen molar-refractivity contribution in [3.05, 3.63) is 71.2 Å². The van der Waals surface area contributed by atoms with Crippen LogP contribution < -0.4 is 15.5 Å². The minimum Gasteiger partial charge on any atom is -0.493 e. The summed E-state index contributed by atoms with van der Waals surface area (Å²) in [5.74, 6) is -0.314. The number of nitrogens with zero attached hydrogens (tertiary/aromatic N) is 1. The van der Waals surface area contributed by atoms with E-state index in [9.17, 15) is 9.59 Å². The lowest BCUT2D eigenvalue weighted by atomic mass is 10.0. The molecule has 0 fully saturated rings.